The fraction of sp³-hybridized carbons (Fsp3) is 0.533. The van der Waals surface area contributed by atoms with Crippen LogP contribution < -0.4 is 0 Å². The van der Waals surface area contributed by atoms with Gasteiger partial charge in [0.1, 0.15) is 0 Å². The predicted octanol–water partition coefficient (Wildman–Crippen LogP) is 3.87. The van der Waals surface area contributed by atoms with Gasteiger partial charge in [0.2, 0.25) is 5.82 Å². The van der Waals surface area contributed by atoms with Crippen LogP contribution in [0.15, 0.2) is 30.3 Å². The van der Waals surface area contributed by atoms with Crippen LogP contribution in [0.2, 0.25) is 0 Å². The summed E-state index contributed by atoms with van der Waals surface area (Å²) in [7, 11) is 0. The van der Waals surface area contributed by atoms with Crippen molar-refractivity contribution < 1.29 is 0 Å². The third kappa shape index (κ3) is 3.63. The highest BCUT2D eigenvalue weighted by molar-refractivity contribution is 5.52. The smallest absolute Gasteiger partial charge is 0.161 e. The Morgan fingerprint density at radius 3 is 2.58 bits per heavy atom. The van der Waals surface area contributed by atoms with Crippen molar-refractivity contribution >= 4 is 0 Å². The Morgan fingerprint density at radius 1 is 1.11 bits per heavy atom. The molecule has 0 aliphatic rings. The second-order valence-corrected chi connectivity index (χ2v) is 4.86. The molecule has 0 saturated carbocycles. The third-order valence-corrected chi connectivity index (χ3v) is 3.40. The van der Waals surface area contributed by atoms with E-state index in [1.807, 2.05) is 30.3 Å². The molecule has 0 amide bonds. The fourth-order valence-corrected chi connectivity index (χ4v) is 2.20. The predicted molar refractivity (Wildman–Crippen MR) is 76.7 cm³/mol. The van der Waals surface area contributed by atoms with Crippen molar-refractivity contribution in [2.24, 2.45) is 0 Å². The molecule has 1 unspecified atom stereocenters. The van der Waals surface area contributed by atoms with Gasteiger partial charge >= 0.3 is 0 Å². The van der Waals surface area contributed by atoms with E-state index in [2.05, 4.69) is 29.3 Å². The van der Waals surface area contributed by atoms with Gasteiger partial charge in [-0.1, -0.05) is 63.4 Å². The lowest BCUT2D eigenvalue weighted by atomic mass is 10.1. The fourth-order valence-electron chi connectivity index (χ4n) is 2.20. The maximum absolute atomic E-state index is 4.52. The highest BCUT2D eigenvalue weighted by atomic mass is 15.6. The number of tetrazole rings is 1. The van der Waals surface area contributed by atoms with Crippen LogP contribution in [0.4, 0.5) is 0 Å². The summed E-state index contributed by atoms with van der Waals surface area (Å²) >= 11 is 0. The van der Waals surface area contributed by atoms with E-state index < -0.39 is 0 Å². The first-order chi connectivity index (χ1) is 9.35. The largest absolute Gasteiger partial charge is 0.204 e. The molecular weight excluding hydrogens is 236 g/mol. The molecule has 19 heavy (non-hydrogen) atoms. The topological polar surface area (TPSA) is 43.6 Å². The molecule has 0 aliphatic carbocycles. The lowest BCUT2D eigenvalue weighted by molar-refractivity contribution is 0.352. The van der Waals surface area contributed by atoms with Crippen LogP contribution in [0, 0.1) is 0 Å². The minimum absolute atomic E-state index is 0.372. The summed E-state index contributed by atoms with van der Waals surface area (Å²) in [6, 6.07) is 10.4. The molecule has 4 heteroatoms. The Kier molecular flexibility index (Phi) is 5.07. The van der Waals surface area contributed by atoms with Crippen molar-refractivity contribution in [2.45, 2.75) is 52.0 Å². The van der Waals surface area contributed by atoms with E-state index in [9.17, 15) is 0 Å². The average Bonchev–Trinajstić information content (AvgIpc) is 2.94. The third-order valence-electron chi connectivity index (χ3n) is 3.40. The average molecular weight is 258 g/mol. The highest BCUT2D eigenvalue weighted by Gasteiger charge is 2.13. The van der Waals surface area contributed by atoms with Crippen LogP contribution in [0.5, 0.6) is 0 Å². The van der Waals surface area contributed by atoms with Crippen LogP contribution in [-0.4, -0.2) is 20.2 Å². The summed E-state index contributed by atoms with van der Waals surface area (Å²) < 4.78 is 0. The molecule has 1 heterocycles. The van der Waals surface area contributed by atoms with Gasteiger partial charge in [0.05, 0.1) is 6.04 Å². The minimum atomic E-state index is 0.372. The zero-order valence-electron chi connectivity index (χ0n) is 11.8. The molecule has 2 rings (SSSR count). The maximum Gasteiger partial charge on any atom is 0.204 e. The molecule has 4 nitrogen and oxygen atoms in total. The van der Waals surface area contributed by atoms with Crippen LogP contribution in [0.25, 0.3) is 11.4 Å². The number of unbranched alkanes of at least 4 members (excludes halogenated alkanes) is 2. The van der Waals surface area contributed by atoms with Gasteiger partial charge in [-0.15, -0.1) is 10.2 Å². The van der Waals surface area contributed by atoms with E-state index in [-0.39, 0.29) is 0 Å². The second-order valence-electron chi connectivity index (χ2n) is 4.86. The molecule has 0 saturated heterocycles. The lowest BCUT2D eigenvalue weighted by Gasteiger charge is -2.12. The Hall–Kier alpha value is -1.71. The van der Waals surface area contributed by atoms with E-state index in [1.165, 1.54) is 19.3 Å². The van der Waals surface area contributed by atoms with E-state index in [0.29, 0.717) is 6.04 Å². The Bertz CT molecular complexity index is 478. The van der Waals surface area contributed by atoms with Crippen molar-refractivity contribution in [3.63, 3.8) is 0 Å². The molecule has 0 fully saturated rings. The summed E-state index contributed by atoms with van der Waals surface area (Å²) in [5, 5.41) is 12.9. The monoisotopic (exact) mass is 258 g/mol. The molecule has 0 radical (unpaired) electrons. The summed E-state index contributed by atoms with van der Waals surface area (Å²) in [6.45, 7) is 4.41. The number of aromatic nitrogens is 4. The maximum atomic E-state index is 4.52. The number of nitrogens with zero attached hydrogens (tertiary/aromatic N) is 4. The molecule has 0 bridgehead atoms. The van der Waals surface area contributed by atoms with Crippen molar-refractivity contribution in [3.05, 3.63) is 30.3 Å². The summed E-state index contributed by atoms with van der Waals surface area (Å²) in [5.41, 5.74) is 1.03. The molecule has 1 atom stereocenters. The Labute approximate surface area is 114 Å². The molecule has 1 aromatic heterocycles. The standard InChI is InChI=1S/C15H22N4/c1-3-5-7-12-14(4-2)19-17-15(16-18-19)13-10-8-6-9-11-13/h6,8-11,14H,3-5,7,12H2,1-2H3. The Balaban J connectivity index is 2.06. The zero-order valence-corrected chi connectivity index (χ0v) is 11.8. The SMILES string of the molecule is CCCCCC(CC)n1nnc(-c2ccccc2)n1. The van der Waals surface area contributed by atoms with E-state index in [4.69, 9.17) is 0 Å². The number of rotatable bonds is 7. The van der Waals surface area contributed by atoms with Gasteiger partial charge in [-0.05, 0) is 18.1 Å². The number of benzene rings is 1. The van der Waals surface area contributed by atoms with Gasteiger partial charge in [-0.2, -0.15) is 4.80 Å². The van der Waals surface area contributed by atoms with Gasteiger partial charge in [0.15, 0.2) is 0 Å². The second kappa shape index (κ2) is 7.02. The zero-order chi connectivity index (χ0) is 13.5. The summed E-state index contributed by atoms with van der Waals surface area (Å²) in [5.74, 6) is 0.717. The van der Waals surface area contributed by atoms with Gasteiger partial charge in [-0.3, -0.25) is 0 Å². The van der Waals surface area contributed by atoms with Crippen LogP contribution in [-0.2, 0) is 0 Å². The molecule has 0 aliphatic heterocycles. The first kappa shape index (κ1) is 13.7. The summed E-state index contributed by atoms with van der Waals surface area (Å²) in [4.78, 5) is 1.79. The van der Waals surface area contributed by atoms with Gasteiger partial charge in [-0.25, -0.2) is 0 Å². The lowest BCUT2D eigenvalue weighted by Crippen LogP contribution is -2.11. The number of hydrogen-bond donors (Lipinski definition) is 0. The molecule has 102 valence electrons. The van der Waals surface area contributed by atoms with Crippen molar-refractivity contribution in [1.82, 2.24) is 20.2 Å². The van der Waals surface area contributed by atoms with E-state index in [1.54, 1.807) is 4.80 Å². The quantitative estimate of drug-likeness (QED) is 0.708. The molecule has 0 spiro atoms. The first-order valence-electron chi connectivity index (χ1n) is 7.20. The molecule has 2 aromatic rings. The normalized spacial score (nSPS) is 12.5. The van der Waals surface area contributed by atoms with Crippen LogP contribution in [0.3, 0.4) is 0 Å². The summed E-state index contributed by atoms with van der Waals surface area (Å²) in [6.07, 6.45) is 5.94. The van der Waals surface area contributed by atoms with Crippen LogP contribution >= 0.6 is 0 Å². The number of hydrogen-bond acceptors (Lipinski definition) is 3. The van der Waals surface area contributed by atoms with Crippen LogP contribution in [0.1, 0.15) is 52.0 Å². The van der Waals surface area contributed by atoms with Crippen molar-refractivity contribution in [2.75, 3.05) is 0 Å². The Morgan fingerprint density at radius 2 is 1.89 bits per heavy atom. The molecular formula is C15H22N4. The van der Waals surface area contributed by atoms with E-state index >= 15 is 0 Å². The first-order valence-corrected chi connectivity index (χ1v) is 7.20. The minimum Gasteiger partial charge on any atom is -0.161 e. The van der Waals surface area contributed by atoms with Crippen molar-refractivity contribution in [3.8, 4) is 11.4 Å². The van der Waals surface area contributed by atoms with Gasteiger partial charge in [0.25, 0.3) is 0 Å². The van der Waals surface area contributed by atoms with Gasteiger partial charge in [0, 0.05) is 5.56 Å². The van der Waals surface area contributed by atoms with E-state index in [0.717, 1.165) is 24.2 Å². The highest BCUT2D eigenvalue weighted by Crippen LogP contribution is 2.19. The molecule has 0 N–H and O–H groups in total. The van der Waals surface area contributed by atoms with Gasteiger partial charge < -0.3 is 0 Å². The van der Waals surface area contributed by atoms with Crippen molar-refractivity contribution in [1.29, 1.82) is 0 Å². The molecule has 1 aromatic carbocycles.